The number of nitrogens with zero attached hydrogens (tertiary/aromatic N) is 3. The van der Waals surface area contributed by atoms with Gasteiger partial charge in [-0.3, -0.25) is 0 Å². The lowest BCUT2D eigenvalue weighted by atomic mass is 10.6. The van der Waals surface area contributed by atoms with E-state index < -0.39 is 10.0 Å². The average Bonchev–Trinajstić information content (AvgIpc) is 2.65. The fourth-order valence-corrected chi connectivity index (χ4v) is 3.15. The second-order valence-corrected chi connectivity index (χ2v) is 5.78. The number of aliphatic hydroxyl groups is 1. The Morgan fingerprint density at radius 1 is 1.56 bits per heavy atom. The van der Waals surface area contributed by atoms with Gasteiger partial charge in [0.25, 0.3) is 10.0 Å². The first-order valence-corrected chi connectivity index (χ1v) is 7.03. The molecule has 9 heteroatoms. The molecule has 0 aliphatic carbocycles. The van der Waals surface area contributed by atoms with Crippen LogP contribution in [-0.4, -0.2) is 60.8 Å². The second-order valence-electron chi connectivity index (χ2n) is 3.57. The Balaban J connectivity index is 3.04. The van der Waals surface area contributed by atoms with Crippen LogP contribution in [0, 0.1) is 0 Å². The molecular formula is C9H16ClN3O4S. The summed E-state index contributed by atoms with van der Waals surface area (Å²) < 4.78 is 31.9. The molecule has 0 amide bonds. The van der Waals surface area contributed by atoms with Crippen LogP contribution in [-0.2, 0) is 21.8 Å². The van der Waals surface area contributed by atoms with Crippen molar-refractivity contribution in [3.63, 3.8) is 0 Å². The van der Waals surface area contributed by atoms with Crippen molar-refractivity contribution in [2.24, 2.45) is 7.05 Å². The van der Waals surface area contributed by atoms with E-state index in [0.717, 1.165) is 4.31 Å². The fourth-order valence-electron chi connectivity index (χ4n) is 1.35. The third-order valence-electron chi connectivity index (χ3n) is 2.31. The number of imidazole rings is 1. The third-order valence-corrected chi connectivity index (χ3v) is 4.70. The number of aliphatic hydroxyl groups excluding tert-OH is 1. The minimum atomic E-state index is -3.82. The van der Waals surface area contributed by atoms with Crippen LogP contribution in [0.2, 0.25) is 5.15 Å². The molecule has 0 radical (unpaired) electrons. The van der Waals surface area contributed by atoms with Crippen molar-refractivity contribution < 1.29 is 18.3 Å². The molecule has 18 heavy (non-hydrogen) atoms. The average molecular weight is 298 g/mol. The van der Waals surface area contributed by atoms with E-state index in [1.54, 1.807) is 7.05 Å². The SMILES string of the molecule is COCCN(CCO)S(=O)(=O)c1ncn(C)c1Cl. The molecule has 0 spiro atoms. The molecule has 104 valence electrons. The minimum Gasteiger partial charge on any atom is -0.395 e. The van der Waals surface area contributed by atoms with Gasteiger partial charge in [0.05, 0.1) is 19.5 Å². The number of ether oxygens (including phenoxy) is 1. The Morgan fingerprint density at radius 2 is 2.22 bits per heavy atom. The normalized spacial score (nSPS) is 12.3. The van der Waals surface area contributed by atoms with Gasteiger partial charge in [0, 0.05) is 27.2 Å². The number of rotatable bonds is 7. The molecule has 1 aromatic heterocycles. The van der Waals surface area contributed by atoms with Gasteiger partial charge in [-0.2, -0.15) is 4.31 Å². The number of halogens is 1. The van der Waals surface area contributed by atoms with E-state index in [9.17, 15) is 8.42 Å². The first kappa shape index (κ1) is 15.4. The summed E-state index contributed by atoms with van der Waals surface area (Å²) >= 11 is 5.87. The van der Waals surface area contributed by atoms with E-state index in [1.165, 1.54) is 18.0 Å². The maximum Gasteiger partial charge on any atom is 0.263 e. The lowest BCUT2D eigenvalue weighted by molar-refractivity contribution is 0.168. The summed E-state index contributed by atoms with van der Waals surface area (Å²) in [6.07, 6.45) is 1.32. The van der Waals surface area contributed by atoms with Crippen LogP contribution in [0.1, 0.15) is 0 Å². The van der Waals surface area contributed by atoms with Gasteiger partial charge < -0.3 is 14.4 Å². The fraction of sp³-hybridized carbons (Fsp3) is 0.667. The van der Waals surface area contributed by atoms with Crippen LogP contribution in [0.5, 0.6) is 0 Å². The number of hydrogen-bond donors (Lipinski definition) is 1. The lowest BCUT2D eigenvalue weighted by Crippen LogP contribution is -2.36. The summed E-state index contributed by atoms with van der Waals surface area (Å²) in [4.78, 5) is 3.78. The molecule has 0 aliphatic heterocycles. The Bertz CT molecular complexity index is 488. The van der Waals surface area contributed by atoms with E-state index >= 15 is 0 Å². The third kappa shape index (κ3) is 3.21. The number of aromatic nitrogens is 2. The van der Waals surface area contributed by atoms with Crippen LogP contribution in [0.4, 0.5) is 0 Å². The number of aryl methyl sites for hydroxylation is 1. The summed E-state index contributed by atoms with van der Waals surface area (Å²) in [6, 6.07) is 0. The highest BCUT2D eigenvalue weighted by Crippen LogP contribution is 2.22. The monoisotopic (exact) mass is 297 g/mol. The molecule has 1 rings (SSSR count). The molecule has 0 bridgehead atoms. The van der Waals surface area contributed by atoms with Gasteiger partial charge in [-0.15, -0.1) is 0 Å². The Labute approximate surface area is 111 Å². The van der Waals surface area contributed by atoms with Crippen molar-refractivity contribution in [3.05, 3.63) is 11.5 Å². The smallest absolute Gasteiger partial charge is 0.263 e. The molecular weight excluding hydrogens is 282 g/mol. The maximum absolute atomic E-state index is 12.3. The van der Waals surface area contributed by atoms with E-state index in [-0.39, 0.29) is 36.5 Å². The van der Waals surface area contributed by atoms with Gasteiger partial charge in [0.2, 0.25) is 5.03 Å². The van der Waals surface area contributed by atoms with E-state index in [2.05, 4.69) is 4.98 Å². The molecule has 0 aliphatic rings. The molecule has 0 atom stereocenters. The van der Waals surface area contributed by atoms with Gasteiger partial charge in [-0.1, -0.05) is 11.6 Å². The molecule has 0 saturated carbocycles. The quantitative estimate of drug-likeness (QED) is 0.747. The van der Waals surface area contributed by atoms with Crippen LogP contribution in [0.15, 0.2) is 11.4 Å². The van der Waals surface area contributed by atoms with Crippen molar-refractivity contribution in [3.8, 4) is 0 Å². The first-order valence-electron chi connectivity index (χ1n) is 5.22. The maximum atomic E-state index is 12.3. The minimum absolute atomic E-state index is 0.0292. The van der Waals surface area contributed by atoms with Gasteiger partial charge in [-0.25, -0.2) is 13.4 Å². The van der Waals surface area contributed by atoms with Crippen molar-refractivity contribution >= 4 is 21.6 Å². The predicted octanol–water partition coefficient (Wildman–Crippen LogP) is -0.297. The molecule has 0 aromatic carbocycles. The van der Waals surface area contributed by atoms with E-state index in [1.807, 2.05) is 0 Å². The zero-order valence-electron chi connectivity index (χ0n) is 10.2. The summed E-state index contributed by atoms with van der Waals surface area (Å²) in [7, 11) is -0.749. The number of hydrogen-bond acceptors (Lipinski definition) is 5. The standard InChI is InChI=1S/C9H16ClN3O4S/c1-12-7-11-9(8(12)10)18(15,16)13(3-5-14)4-6-17-2/h7,14H,3-6H2,1-2H3. The topological polar surface area (TPSA) is 84.7 Å². The molecule has 0 saturated heterocycles. The molecule has 1 N–H and O–H groups in total. The highest BCUT2D eigenvalue weighted by molar-refractivity contribution is 7.89. The van der Waals surface area contributed by atoms with Gasteiger partial charge >= 0.3 is 0 Å². The highest BCUT2D eigenvalue weighted by atomic mass is 35.5. The molecule has 1 aromatic rings. The first-order chi connectivity index (χ1) is 8.45. The second kappa shape index (κ2) is 6.48. The van der Waals surface area contributed by atoms with Gasteiger partial charge in [0.1, 0.15) is 5.15 Å². The largest absolute Gasteiger partial charge is 0.395 e. The number of sulfonamides is 1. The summed E-state index contributed by atoms with van der Waals surface area (Å²) in [6.45, 7) is 0.0436. The molecule has 7 nitrogen and oxygen atoms in total. The van der Waals surface area contributed by atoms with Gasteiger partial charge in [-0.05, 0) is 0 Å². The predicted molar refractivity (Wildman–Crippen MR) is 65.9 cm³/mol. The Morgan fingerprint density at radius 3 is 2.67 bits per heavy atom. The summed E-state index contributed by atoms with van der Waals surface area (Å²) in [5, 5.41) is 8.74. The zero-order chi connectivity index (χ0) is 13.8. The van der Waals surface area contributed by atoms with Crippen LogP contribution < -0.4 is 0 Å². The van der Waals surface area contributed by atoms with Crippen molar-refractivity contribution in [1.82, 2.24) is 13.9 Å². The molecule has 1 heterocycles. The molecule has 0 unspecified atom stereocenters. The highest BCUT2D eigenvalue weighted by Gasteiger charge is 2.29. The Kier molecular flexibility index (Phi) is 5.54. The Hall–Kier alpha value is -0.670. The van der Waals surface area contributed by atoms with Crippen LogP contribution in [0.25, 0.3) is 0 Å². The number of methoxy groups -OCH3 is 1. The zero-order valence-corrected chi connectivity index (χ0v) is 11.8. The van der Waals surface area contributed by atoms with Crippen molar-refractivity contribution in [2.75, 3.05) is 33.4 Å². The van der Waals surface area contributed by atoms with Crippen molar-refractivity contribution in [1.29, 1.82) is 0 Å². The van der Waals surface area contributed by atoms with E-state index in [4.69, 9.17) is 21.4 Å². The van der Waals surface area contributed by atoms with Gasteiger partial charge in [0.15, 0.2) is 0 Å². The van der Waals surface area contributed by atoms with Crippen LogP contribution >= 0.6 is 11.6 Å². The summed E-state index contributed by atoms with van der Waals surface area (Å²) in [5.74, 6) is 0. The van der Waals surface area contributed by atoms with Crippen LogP contribution in [0.3, 0.4) is 0 Å². The van der Waals surface area contributed by atoms with E-state index in [0.29, 0.717) is 0 Å². The summed E-state index contributed by atoms with van der Waals surface area (Å²) in [5.41, 5.74) is 0. The molecule has 0 fully saturated rings. The van der Waals surface area contributed by atoms with Crippen molar-refractivity contribution in [2.45, 2.75) is 5.03 Å². The lowest BCUT2D eigenvalue weighted by Gasteiger charge is -2.19.